The van der Waals surface area contributed by atoms with Crippen LogP contribution < -0.4 is 11.1 Å². The molecular formula is C50H76FN7O12S. The number of aliphatic hydroxyl groups excluding tert-OH is 1. The highest BCUT2D eigenvalue weighted by atomic mass is 32.1. The molecule has 2 amide bonds. The van der Waals surface area contributed by atoms with Crippen molar-refractivity contribution < 1.29 is 62.3 Å². The molecule has 3 saturated heterocycles. The lowest BCUT2D eigenvalue weighted by Gasteiger charge is -2.47. The van der Waals surface area contributed by atoms with Gasteiger partial charge < -0.3 is 54.7 Å². The number of hydrogen-bond acceptors (Lipinski definition) is 18. The largest absolute Gasteiger partial charge is 0.457 e. The number of alkyl halides is 1. The first kappa shape index (κ1) is 57.7. The SMILES string of the molecule is CCC(=O)N=C1[C@H](C)CC2(C)OC/C(=N/OCc3ccc(-c4nc(NC(=O)[C@@H](N)CC(C)C)cs4)cn3)CO[C@H]([C@H]1C)C(C)(O)[C@@H](CC)OC(=O)C(C)(F)C(=O)[C@H](C)[C@H]2O[C@@H]1O[C@H](C)C[C@H](N(C)C)[C@H]1O. The molecule has 0 spiro atoms. The van der Waals surface area contributed by atoms with Crippen LogP contribution in [0.1, 0.15) is 114 Å². The topological polar surface area (TPSA) is 256 Å². The second-order valence-electron chi connectivity index (χ2n) is 20.6. The molecule has 0 radical (unpaired) electrons. The fourth-order valence-corrected chi connectivity index (χ4v) is 10.5. The zero-order valence-electron chi connectivity index (χ0n) is 43.5. The van der Waals surface area contributed by atoms with Gasteiger partial charge in [0, 0.05) is 47.2 Å². The van der Waals surface area contributed by atoms with Crippen molar-refractivity contribution in [2.45, 2.75) is 181 Å². The molecule has 19 nitrogen and oxygen atoms in total. The van der Waals surface area contributed by atoms with Crippen molar-refractivity contribution in [3.63, 3.8) is 0 Å². The first-order valence-electron chi connectivity index (χ1n) is 24.6. The Morgan fingerprint density at radius 3 is 2.42 bits per heavy atom. The Balaban J connectivity index is 1.57. The average Bonchev–Trinajstić information content (AvgIpc) is 3.77. The lowest BCUT2D eigenvalue weighted by Crippen LogP contribution is -2.61. The number of aromatic nitrogens is 2. The van der Waals surface area contributed by atoms with Gasteiger partial charge in [-0.1, -0.05) is 53.6 Å². The molecule has 21 heteroatoms. The summed E-state index contributed by atoms with van der Waals surface area (Å²) in [4.78, 5) is 75.8. The second kappa shape index (κ2) is 24.2. The van der Waals surface area contributed by atoms with Gasteiger partial charge in [0.15, 0.2) is 18.7 Å². The summed E-state index contributed by atoms with van der Waals surface area (Å²) in [5.41, 5.74) is 0.791. The van der Waals surface area contributed by atoms with Crippen LogP contribution in [0.3, 0.4) is 0 Å². The number of hydrogen-bond donors (Lipinski definition) is 4. The smallest absolute Gasteiger partial charge is 0.351 e. The number of likely N-dealkylation sites (N-methyl/N-ethyl adjacent to an activating group) is 1. The van der Waals surface area contributed by atoms with Gasteiger partial charge >= 0.3 is 5.97 Å². The summed E-state index contributed by atoms with van der Waals surface area (Å²) in [7, 11) is 3.62. The highest BCUT2D eigenvalue weighted by molar-refractivity contribution is 7.13. The Morgan fingerprint density at radius 1 is 1.10 bits per heavy atom. The number of Topliss-reactive ketones (excluding diaryl/α,β-unsaturated/α-hetero) is 1. The van der Waals surface area contributed by atoms with Crippen LogP contribution >= 0.6 is 11.3 Å². The third-order valence-electron chi connectivity index (χ3n) is 13.7. The summed E-state index contributed by atoms with van der Waals surface area (Å²) < 4.78 is 49.1. The molecule has 71 heavy (non-hydrogen) atoms. The number of nitrogens with two attached hydrogens (primary N) is 1. The van der Waals surface area contributed by atoms with Crippen molar-refractivity contribution in [3.8, 4) is 10.6 Å². The number of esters is 1. The summed E-state index contributed by atoms with van der Waals surface area (Å²) >= 11 is 1.33. The number of fused-ring (bicyclic) bond motifs is 5. The van der Waals surface area contributed by atoms with Gasteiger partial charge in [0.25, 0.3) is 5.67 Å². The quantitative estimate of drug-likeness (QED) is 0.111. The van der Waals surface area contributed by atoms with Gasteiger partial charge in [-0.2, -0.15) is 0 Å². The second-order valence-corrected chi connectivity index (χ2v) is 21.4. The molecule has 2 aromatic rings. The number of nitrogens with zero attached hydrogens (tertiary/aromatic N) is 5. The summed E-state index contributed by atoms with van der Waals surface area (Å²) in [6, 6.07) is 2.45. The Hall–Kier alpha value is -4.19. The Bertz CT molecular complexity index is 2220. The number of ether oxygens (including phenoxy) is 5. The number of amides is 2. The van der Waals surface area contributed by atoms with E-state index in [0.29, 0.717) is 40.6 Å². The van der Waals surface area contributed by atoms with Crippen LogP contribution in [-0.2, 0) is 54.3 Å². The summed E-state index contributed by atoms with van der Waals surface area (Å²) in [6.07, 6.45) is -4.50. The summed E-state index contributed by atoms with van der Waals surface area (Å²) in [5.74, 6) is -5.82. The number of carbonyl (C=O) groups is 4. The Kier molecular flexibility index (Phi) is 19.7. The molecular weight excluding hydrogens is 942 g/mol. The number of pyridine rings is 1. The highest BCUT2D eigenvalue weighted by Gasteiger charge is 2.57. The number of ketones is 1. The van der Waals surface area contributed by atoms with Gasteiger partial charge in [0.1, 0.15) is 34.3 Å². The fourth-order valence-electron chi connectivity index (χ4n) is 9.77. The molecule has 2 aromatic heterocycles. The van der Waals surface area contributed by atoms with Crippen LogP contribution in [0.4, 0.5) is 10.2 Å². The van der Waals surface area contributed by atoms with Crippen LogP contribution in [0, 0.1) is 23.7 Å². The summed E-state index contributed by atoms with van der Waals surface area (Å²) in [5, 5.41) is 33.8. The lowest BCUT2D eigenvalue weighted by atomic mass is 9.73. The Morgan fingerprint density at radius 2 is 1.80 bits per heavy atom. The van der Waals surface area contributed by atoms with E-state index < -0.39 is 101 Å². The molecule has 3 fully saturated rings. The molecule has 5 rings (SSSR count). The molecule has 3 aliphatic rings. The van der Waals surface area contributed by atoms with E-state index in [1.807, 2.05) is 46.7 Å². The molecule has 3 aliphatic heterocycles. The van der Waals surface area contributed by atoms with E-state index in [0.717, 1.165) is 6.92 Å². The van der Waals surface area contributed by atoms with Crippen molar-refractivity contribution in [3.05, 3.63) is 29.4 Å². The first-order chi connectivity index (χ1) is 33.2. The van der Waals surface area contributed by atoms with Crippen molar-refractivity contribution in [1.29, 1.82) is 0 Å². The molecule has 5 N–H and O–H groups in total. The normalized spacial score (nSPS) is 35.1. The van der Waals surface area contributed by atoms with E-state index in [9.17, 15) is 29.4 Å². The molecule has 3 unspecified atom stereocenters. The maximum Gasteiger partial charge on any atom is 0.351 e. The van der Waals surface area contributed by atoms with E-state index in [1.165, 1.54) is 25.2 Å². The van der Waals surface area contributed by atoms with E-state index in [-0.39, 0.29) is 56.6 Å². The average molecular weight is 1020 g/mol. The van der Waals surface area contributed by atoms with E-state index >= 15 is 4.39 Å². The molecule has 2 bridgehead atoms. The maximum atomic E-state index is 17.0. The number of nitrogens with one attached hydrogen (secondary N) is 1. The molecule has 5 heterocycles. The number of aliphatic hydroxyl groups is 2. The van der Waals surface area contributed by atoms with Crippen molar-refractivity contribution >= 4 is 52.1 Å². The third kappa shape index (κ3) is 13.9. The minimum absolute atomic E-state index is 0.0204. The third-order valence-corrected chi connectivity index (χ3v) is 14.6. The fraction of sp³-hybridized carbons (Fsp3) is 0.720. The molecule has 0 aliphatic carbocycles. The minimum Gasteiger partial charge on any atom is -0.457 e. The van der Waals surface area contributed by atoms with Gasteiger partial charge in [0.05, 0.1) is 48.9 Å². The predicted molar refractivity (Wildman–Crippen MR) is 265 cm³/mol. The highest BCUT2D eigenvalue weighted by Crippen LogP contribution is 2.41. The van der Waals surface area contributed by atoms with Crippen LogP contribution in [0.5, 0.6) is 0 Å². The predicted octanol–water partition coefficient (Wildman–Crippen LogP) is 5.43. The molecule has 14 atom stereocenters. The number of halogens is 1. The van der Waals surface area contributed by atoms with Gasteiger partial charge in [-0.05, 0) is 91.4 Å². The maximum absolute atomic E-state index is 17.0. The van der Waals surface area contributed by atoms with Crippen molar-refractivity contribution in [1.82, 2.24) is 14.9 Å². The number of carbonyl (C=O) groups excluding carboxylic acids is 4. The van der Waals surface area contributed by atoms with Crippen molar-refractivity contribution in [2.24, 2.45) is 39.6 Å². The number of aliphatic imine (C=N–C) groups is 1. The van der Waals surface area contributed by atoms with Crippen LogP contribution in [0.15, 0.2) is 33.9 Å². The van der Waals surface area contributed by atoms with Crippen LogP contribution in [-0.4, -0.2) is 153 Å². The summed E-state index contributed by atoms with van der Waals surface area (Å²) in [6.45, 7) is 17.2. The van der Waals surface area contributed by atoms with Gasteiger partial charge in [-0.25, -0.2) is 19.2 Å². The standard InChI is InChI=1S/C50H76FN7O12S/c1-14-36-50(11,64)43-29(7)39(56-38(59)15-2)27(5)20-48(9,42(30(8)41(61)49(10,51)47(63)69-36)70-46-40(60)35(58(12)13)19-28(6)68-46)66-23-33(22-65-43)57-67-24-32-17-16-31(21-53-32)45-55-37(25-71-45)54-44(62)34(52)18-26(3)4/h16-17,21,25-30,34-36,40,42-43,46,60,64H,14-15,18-20,22-24,52H2,1-13H3,(H,54,62)/b56-39?,57-33+/t27-,28-,29+,30+,34+,35+,36-,40-,42-,43-,46+,48?,49?,50?/m1/s1. The Labute approximate surface area is 420 Å². The van der Waals surface area contributed by atoms with Crippen molar-refractivity contribution in [2.75, 3.05) is 32.6 Å². The number of cyclic esters (lactones) is 1. The zero-order valence-corrected chi connectivity index (χ0v) is 44.3. The number of rotatable bonds is 13. The number of thiazole rings is 1. The van der Waals surface area contributed by atoms with Gasteiger partial charge in [-0.15, -0.1) is 11.3 Å². The molecule has 0 aromatic carbocycles. The van der Waals surface area contributed by atoms with Gasteiger partial charge in [0.2, 0.25) is 11.8 Å². The van der Waals surface area contributed by atoms with Crippen LogP contribution in [0.25, 0.3) is 10.6 Å². The van der Waals surface area contributed by atoms with E-state index in [4.69, 9.17) is 34.3 Å². The monoisotopic (exact) mass is 1020 g/mol. The number of anilines is 1. The zero-order chi connectivity index (χ0) is 52.7. The van der Waals surface area contributed by atoms with Gasteiger partial charge in [-0.3, -0.25) is 19.4 Å². The lowest BCUT2D eigenvalue weighted by molar-refractivity contribution is -0.296. The minimum atomic E-state index is -3.25. The first-order valence-corrected chi connectivity index (χ1v) is 25.5. The van der Waals surface area contributed by atoms with Crippen LogP contribution in [0.2, 0.25) is 0 Å². The number of oxime groups is 1. The molecule has 0 saturated carbocycles. The van der Waals surface area contributed by atoms with E-state index in [2.05, 4.69) is 25.4 Å². The molecule has 396 valence electrons. The van der Waals surface area contributed by atoms with E-state index in [1.54, 1.807) is 51.4 Å².